The number of halogens is 1. The van der Waals surface area contributed by atoms with Crippen LogP contribution < -0.4 is 10.1 Å². The van der Waals surface area contributed by atoms with E-state index in [1.54, 1.807) is 20.8 Å². The molecule has 0 fully saturated rings. The summed E-state index contributed by atoms with van der Waals surface area (Å²) in [5.74, 6) is -0.634. The second-order valence-electron chi connectivity index (χ2n) is 6.06. The molecule has 0 radical (unpaired) electrons. The van der Waals surface area contributed by atoms with Gasteiger partial charge in [0.1, 0.15) is 0 Å². The number of nitro benzene ring substituents is 1. The number of rotatable bonds is 9. The lowest BCUT2D eigenvalue weighted by atomic mass is 10.1. The molecule has 162 valence electrons. The van der Waals surface area contributed by atoms with Crippen molar-refractivity contribution in [1.29, 1.82) is 0 Å². The number of hydrogen-bond donors (Lipinski definition) is 1. The van der Waals surface area contributed by atoms with Crippen LogP contribution in [-0.2, 0) is 10.0 Å². The summed E-state index contributed by atoms with van der Waals surface area (Å²) in [4.78, 5) is 23.2. The minimum absolute atomic E-state index is 0.00165. The molecule has 30 heavy (non-hydrogen) atoms. The summed E-state index contributed by atoms with van der Waals surface area (Å²) in [6, 6.07) is 7.78. The van der Waals surface area contributed by atoms with E-state index in [1.807, 2.05) is 0 Å². The number of nitro groups is 1. The highest BCUT2D eigenvalue weighted by atomic mass is 35.5. The summed E-state index contributed by atoms with van der Waals surface area (Å²) < 4.78 is 31.9. The van der Waals surface area contributed by atoms with E-state index in [1.165, 1.54) is 34.6 Å². The fourth-order valence-electron chi connectivity index (χ4n) is 2.75. The predicted molar refractivity (Wildman–Crippen MR) is 114 cm³/mol. The van der Waals surface area contributed by atoms with Gasteiger partial charge in [0.05, 0.1) is 27.1 Å². The second kappa shape index (κ2) is 9.88. The van der Waals surface area contributed by atoms with Crippen molar-refractivity contribution in [3.05, 3.63) is 57.1 Å². The van der Waals surface area contributed by atoms with Gasteiger partial charge in [0, 0.05) is 24.7 Å². The Bertz CT molecular complexity index is 1050. The van der Waals surface area contributed by atoms with Crippen LogP contribution in [0.3, 0.4) is 0 Å². The number of nitrogens with zero attached hydrogens (tertiary/aromatic N) is 2. The largest absolute Gasteiger partial charge is 0.487 e. The molecule has 2 aromatic rings. The van der Waals surface area contributed by atoms with Gasteiger partial charge in [-0.25, -0.2) is 8.42 Å². The van der Waals surface area contributed by atoms with Gasteiger partial charge in [-0.05, 0) is 37.3 Å². The van der Waals surface area contributed by atoms with Gasteiger partial charge < -0.3 is 10.1 Å². The Labute approximate surface area is 179 Å². The Kier molecular flexibility index (Phi) is 7.77. The number of carbonyl (C=O) groups excluding carboxylic acids is 1. The van der Waals surface area contributed by atoms with Crippen molar-refractivity contribution in [2.75, 3.05) is 25.0 Å². The first kappa shape index (κ1) is 23.6. The van der Waals surface area contributed by atoms with Gasteiger partial charge in [-0.2, -0.15) is 4.31 Å². The zero-order valence-electron chi connectivity index (χ0n) is 16.7. The maximum atomic E-state index is 12.7. The highest BCUT2D eigenvalue weighted by molar-refractivity contribution is 7.89. The van der Waals surface area contributed by atoms with Crippen LogP contribution in [0.2, 0.25) is 5.02 Å². The molecule has 9 nitrogen and oxygen atoms in total. The minimum Gasteiger partial charge on any atom is -0.487 e. The molecule has 0 aliphatic carbocycles. The normalized spacial score (nSPS) is 11.4. The van der Waals surface area contributed by atoms with Gasteiger partial charge in [-0.3, -0.25) is 14.9 Å². The second-order valence-corrected chi connectivity index (χ2v) is 8.40. The molecule has 0 bridgehead atoms. The van der Waals surface area contributed by atoms with Gasteiger partial charge >= 0.3 is 5.69 Å². The topological polar surface area (TPSA) is 119 Å². The summed E-state index contributed by atoms with van der Waals surface area (Å²) in [5.41, 5.74) is -0.280. The van der Waals surface area contributed by atoms with E-state index in [0.717, 1.165) is 6.07 Å². The third-order valence-electron chi connectivity index (χ3n) is 4.25. The first-order valence-corrected chi connectivity index (χ1v) is 11.0. The third kappa shape index (κ3) is 5.07. The molecule has 0 aromatic heterocycles. The average molecular weight is 456 g/mol. The zero-order chi connectivity index (χ0) is 22.5. The summed E-state index contributed by atoms with van der Waals surface area (Å²) >= 11 is 6.12. The van der Waals surface area contributed by atoms with Crippen LogP contribution in [0.25, 0.3) is 0 Å². The molecule has 0 spiro atoms. The SMILES string of the molecule is CCOc1ccc(C(=O)Nc2cc(S(=O)(=O)N(CC)CC)ccc2Cl)cc1[N+](=O)[O-]. The molecule has 1 N–H and O–H groups in total. The van der Waals surface area contributed by atoms with Crippen LogP contribution in [-0.4, -0.2) is 43.2 Å². The summed E-state index contributed by atoms with van der Waals surface area (Å²) in [7, 11) is -3.75. The molecule has 0 unspecified atom stereocenters. The maximum Gasteiger partial charge on any atom is 0.311 e. The van der Waals surface area contributed by atoms with E-state index < -0.39 is 20.9 Å². The van der Waals surface area contributed by atoms with Crippen LogP contribution >= 0.6 is 11.6 Å². The number of nitrogens with one attached hydrogen (secondary N) is 1. The first-order valence-electron chi connectivity index (χ1n) is 9.17. The number of benzene rings is 2. The zero-order valence-corrected chi connectivity index (χ0v) is 18.3. The molecule has 2 rings (SSSR count). The molecule has 2 aromatic carbocycles. The lowest BCUT2D eigenvalue weighted by molar-refractivity contribution is -0.385. The quantitative estimate of drug-likeness (QED) is 0.452. The molecular weight excluding hydrogens is 434 g/mol. The number of ether oxygens (including phenoxy) is 1. The van der Waals surface area contributed by atoms with E-state index in [4.69, 9.17) is 16.3 Å². The first-order chi connectivity index (χ1) is 14.1. The van der Waals surface area contributed by atoms with Gasteiger partial charge in [0.15, 0.2) is 5.75 Å². The summed E-state index contributed by atoms with van der Waals surface area (Å²) in [6.07, 6.45) is 0. The Morgan fingerprint density at radius 1 is 1.17 bits per heavy atom. The molecule has 0 aliphatic rings. The molecule has 0 saturated carbocycles. The van der Waals surface area contributed by atoms with E-state index in [-0.39, 0.29) is 39.2 Å². The van der Waals surface area contributed by atoms with Crippen LogP contribution in [0.4, 0.5) is 11.4 Å². The fraction of sp³-hybridized carbons (Fsp3) is 0.316. The van der Waals surface area contributed by atoms with Crippen molar-refractivity contribution < 1.29 is 22.9 Å². The summed E-state index contributed by atoms with van der Waals surface area (Å²) in [6.45, 7) is 5.94. The van der Waals surface area contributed by atoms with E-state index in [9.17, 15) is 23.3 Å². The number of amides is 1. The lowest BCUT2D eigenvalue weighted by Gasteiger charge is -2.19. The van der Waals surface area contributed by atoms with E-state index >= 15 is 0 Å². The molecule has 11 heteroatoms. The maximum absolute atomic E-state index is 12.7. The Morgan fingerprint density at radius 2 is 1.83 bits per heavy atom. The number of sulfonamides is 1. The molecule has 0 atom stereocenters. The van der Waals surface area contributed by atoms with Crippen molar-refractivity contribution in [1.82, 2.24) is 4.31 Å². The Hall–Kier alpha value is -2.69. The molecule has 0 saturated heterocycles. The van der Waals surface area contributed by atoms with Gasteiger partial charge in [-0.1, -0.05) is 25.4 Å². The van der Waals surface area contributed by atoms with Crippen molar-refractivity contribution in [2.45, 2.75) is 25.7 Å². The predicted octanol–water partition coefficient (Wildman–Crippen LogP) is 3.93. The van der Waals surface area contributed by atoms with E-state index in [2.05, 4.69) is 5.32 Å². The highest BCUT2D eigenvalue weighted by Gasteiger charge is 2.24. The van der Waals surface area contributed by atoms with Crippen LogP contribution in [0.1, 0.15) is 31.1 Å². The molecule has 0 aliphatic heterocycles. The van der Waals surface area contributed by atoms with Gasteiger partial charge in [-0.15, -0.1) is 0 Å². The minimum atomic E-state index is -3.75. The van der Waals surface area contributed by atoms with Gasteiger partial charge in [0.25, 0.3) is 5.91 Å². The van der Waals surface area contributed by atoms with E-state index in [0.29, 0.717) is 13.1 Å². The monoisotopic (exact) mass is 455 g/mol. The van der Waals surface area contributed by atoms with Crippen LogP contribution in [0.5, 0.6) is 5.75 Å². The van der Waals surface area contributed by atoms with Crippen molar-refractivity contribution >= 4 is 38.9 Å². The Morgan fingerprint density at radius 3 is 2.40 bits per heavy atom. The summed E-state index contributed by atoms with van der Waals surface area (Å²) in [5, 5.41) is 13.9. The van der Waals surface area contributed by atoms with Crippen molar-refractivity contribution in [3.63, 3.8) is 0 Å². The van der Waals surface area contributed by atoms with Crippen molar-refractivity contribution in [2.24, 2.45) is 0 Å². The lowest BCUT2D eigenvalue weighted by Crippen LogP contribution is -2.30. The fourth-order valence-corrected chi connectivity index (χ4v) is 4.40. The average Bonchev–Trinajstić information content (AvgIpc) is 2.70. The van der Waals surface area contributed by atoms with Crippen LogP contribution in [0.15, 0.2) is 41.3 Å². The number of hydrogen-bond acceptors (Lipinski definition) is 6. The van der Waals surface area contributed by atoms with Crippen LogP contribution in [0, 0.1) is 10.1 Å². The number of anilines is 1. The molecule has 1 amide bonds. The van der Waals surface area contributed by atoms with Crippen molar-refractivity contribution in [3.8, 4) is 5.75 Å². The Balaban J connectivity index is 2.38. The smallest absolute Gasteiger partial charge is 0.311 e. The molecule has 0 heterocycles. The standard InChI is InChI=1S/C19H22ClN3O6S/c1-4-22(5-2)30(27,28)14-8-9-15(20)16(12-14)21-19(24)13-7-10-18(29-6-3)17(11-13)23(25)26/h7-12H,4-6H2,1-3H3,(H,21,24). The molecular formula is C19H22ClN3O6S. The third-order valence-corrected chi connectivity index (χ3v) is 6.62. The highest BCUT2D eigenvalue weighted by Crippen LogP contribution is 2.30. The number of carbonyl (C=O) groups is 1. The van der Waals surface area contributed by atoms with Gasteiger partial charge in [0.2, 0.25) is 10.0 Å².